The molecule has 6 heterocycles. The van der Waals surface area contributed by atoms with Crippen LogP contribution in [0.15, 0.2) is 188 Å². The van der Waals surface area contributed by atoms with Gasteiger partial charge in [-0.25, -0.2) is 4.79 Å². The molecule has 0 aromatic heterocycles. The molecule has 7 aromatic carbocycles. The summed E-state index contributed by atoms with van der Waals surface area (Å²) in [4.78, 5) is 93.3. The van der Waals surface area contributed by atoms with Crippen LogP contribution in [0.5, 0.6) is 0 Å². The Kier molecular flexibility index (Phi) is 36.7. The highest BCUT2D eigenvalue weighted by molar-refractivity contribution is 6.42. The van der Waals surface area contributed by atoms with Crippen molar-refractivity contribution in [3.05, 3.63) is 247 Å². The van der Waals surface area contributed by atoms with Crippen molar-refractivity contribution in [3.63, 3.8) is 0 Å². The van der Waals surface area contributed by atoms with Crippen LogP contribution in [0.25, 0.3) is 0 Å². The van der Waals surface area contributed by atoms with Crippen molar-refractivity contribution in [2.45, 2.75) is 177 Å². The molecular weight excluding hydrogens is 1550 g/mol. The normalized spacial score (nSPS) is 21.0. The average molecular weight is 1670 g/mol. The molecule has 117 heavy (non-hydrogen) atoms. The number of alkyl carbamates (subject to hydrolysis) is 1. The zero-order valence-corrected chi connectivity index (χ0v) is 71.4. The summed E-state index contributed by atoms with van der Waals surface area (Å²) in [5.74, 6) is 0.791. The highest BCUT2D eigenvalue weighted by atomic mass is 35.5. The van der Waals surface area contributed by atoms with Gasteiger partial charge in [0.25, 0.3) is 11.8 Å². The second-order valence-corrected chi connectivity index (χ2v) is 33.8. The van der Waals surface area contributed by atoms with E-state index in [1.165, 1.54) is 73.6 Å². The van der Waals surface area contributed by atoms with Crippen molar-refractivity contribution in [2.75, 3.05) is 118 Å². The van der Waals surface area contributed by atoms with Crippen LogP contribution in [-0.4, -0.2) is 219 Å². The number of nitrogens with one attached hydrogen (secondary N) is 6. The smallest absolute Gasteiger partial charge is 0.407 e. The molecule has 23 heteroatoms. The maximum Gasteiger partial charge on any atom is 0.407 e. The van der Waals surface area contributed by atoms with Gasteiger partial charge in [0.2, 0.25) is 17.7 Å². The van der Waals surface area contributed by atoms with Crippen LogP contribution in [-0.2, 0) is 25.7 Å². The topological polar surface area (TPSA) is 203 Å². The first-order valence-corrected chi connectivity index (χ1v) is 44.5. The molecule has 8 atom stereocenters. The van der Waals surface area contributed by atoms with Gasteiger partial charge in [-0.05, 0) is 193 Å². The first kappa shape index (κ1) is 89.9. The van der Waals surface area contributed by atoms with Crippen molar-refractivity contribution in [1.29, 1.82) is 0 Å². The number of amides is 6. The number of benzene rings is 7. The Bertz CT molecular complexity index is 4150. The number of halogens is 4. The molecule has 0 radical (unpaired) electrons. The first-order valence-electron chi connectivity index (χ1n) is 43.0. The summed E-state index contributed by atoms with van der Waals surface area (Å²) in [5.41, 5.74) is 6.85. The monoisotopic (exact) mass is 1670 g/mol. The molecule has 6 N–H and O–H groups in total. The maximum absolute atomic E-state index is 14.1. The molecule has 0 saturated carbocycles. The summed E-state index contributed by atoms with van der Waals surface area (Å²) in [6.45, 7) is 19.3. The highest BCUT2D eigenvalue weighted by Gasteiger charge is 2.37. The van der Waals surface area contributed by atoms with E-state index >= 15 is 0 Å². The van der Waals surface area contributed by atoms with Crippen LogP contribution in [0, 0.1) is 0 Å². The molecule has 0 unspecified atom stereocenters. The highest BCUT2D eigenvalue weighted by Crippen LogP contribution is 2.31. The predicted molar refractivity (Wildman–Crippen MR) is 472 cm³/mol. The lowest BCUT2D eigenvalue weighted by molar-refractivity contribution is -0.134. The summed E-state index contributed by atoms with van der Waals surface area (Å²) in [7, 11) is 0. The Hall–Kier alpha value is -7.92. The molecule has 6 aliphatic heterocycles. The van der Waals surface area contributed by atoms with Gasteiger partial charge in [0.1, 0.15) is 6.61 Å². The Labute approximate surface area is 714 Å². The lowest BCUT2D eigenvalue weighted by Crippen LogP contribution is -2.50. The van der Waals surface area contributed by atoms with E-state index in [2.05, 4.69) is 162 Å². The average Bonchev–Trinajstić information content (AvgIpc) is 1.66. The number of carbonyl (C=O) groups is 6. The van der Waals surface area contributed by atoms with Crippen LogP contribution in [0.4, 0.5) is 4.79 Å². The van der Waals surface area contributed by atoms with Crippen LogP contribution in [0.3, 0.4) is 0 Å². The van der Waals surface area contributed by atoms with E-state index in [1.807, 2.05) is 64.4 Å². The van der Waals surface area contributed by atoms with Gasteiger partial charge in [-0.1, -0.05) is 225 Å². The van der Waals surface area contributed by atoms with E-state index in [1.54, 1.807) is 36.4 Å². The number of piperidine rings is 2. The van der Waals surface area contributed by atoms with Gasteiger partial charge in [0.05, 0.1) is 38.2 Å². The van der Waals surface area contributed by atoms with Crippen LogP contribution in [0.1, 0.15) is 183 Å². The SMILES string of the molecule is CC[C@H](CN1CC[C@@H](CNC(=O)c2ccc(Cl)c(Cl)c2)N[C@@H](CCN2CCCC2)C1=O)c1ccccc1.CC[C@H](CN1CC[C@@H](CNC(=O)c2ccc(Cl)c(Cl)c2)N[C@@H](CCN2CCCCC2)C1=O)c1ccccc1.O=C(NC[C@@H]1CCN(CC(c2ccccc2)c2ccccc2)C(=O)[C@H](CCN2CCCCC2)N1)OCc1ccccc1. The number of ether oxygens (including phenoxy) is 1. The van der Waals surface area contributed by atoms with Crippen molar-refractivity contribution in [1.82, 2.24) is 61.3 Å². The van der Waals surface area contributed by atoms with E-state index in [0.29, 0.717) is 102 Å². The summed E-state index contributed by atoms with van der Waals surface area (Å²) >= 11 is 24.2. The number of hydrogen-bond acceptors (Lipinski definition) is 13. The minimum Gasteiger partial charge on any atom is -0.445 e. The van der Waals surface area contributed by atoms with Crippen molar-refractivity contribution >= 4 is 82.0 Å². The molecular formula is C94H122Cl4N12O7. The lowest BCUT2D eigenvalue weighted by atomic mass is 9.90. The molecule has 628 valence electrons. The molecule has 0 aliphatic carbocycles. The van der Waals surface area contributed by atoms with Crippen molar-refractivity contribution < 1.29 is 33.5 Å². The van der Waals surface area contributed by atoms with Crippen LogP contribution >= 0.6 is 46.4 Å². The second kappa shape index (κ2) is 47.8. The molecule has 7 aromatic rings. The molecule has 6 fully saturated rings. The molecule has 0 spiro atoms. The Morgan fingerprint density at radius 3 is 1.07 bits per heavy atom. The quantitative estimate of drug-likeness (QED) is 0.0240. The first-order chi connectivity index (χ1) is 57.0. The number of nitrogens with zero attached hydrogens (tertiary/aromatic N) is 6. The number of rotatable bonds is 31. The predicted octanol–water partition coefficient (Wildman–Crippen LogP) is 15.5. The molecule has 6 amide bonds. The molecule has 6 saturated heterocycles. The van der Waals surface area contributed by atoms with E-state index in [4.69, 9.17) is 51.1 Å². The summed E-state index contributed by atoms with van der Waals surface area (Å²) in [5, 5.41) is 21.4. The summed E-state index contributed by atoms with van der Waals surface area (Å²) in [6.07, 6.45) is 16.1. The Balaban J connectivity index is 0.000000173. The Morgan fingerprint density at radius 2 is 0.718 bits per heavy atom. The molecule has 6 aliphatic rings. The minimum atomic E-state index is -0.439. The van der Waals surface area contributed by atoms with Crippen molar-refractivity contribution in [3.8, 4) is 0 Å². The van der Waals surface area contributed by atoms with Gasteiger partial charge in [-0.2, -0.15) is 0 Å². The van der Waals surface area contributed by atoms with Gasteiger partial charge in [-0.3, -0.25) is 24.0 Å². The maximum atomic E-state index is 14.1. The van der Waals surface area contributed by atoms with Gasteiger partial charge in [0.15, 0.2) is 0 Å². The van der Waals surface area contributed by atoms with Crippen LogP contribution < -0.4 is 31.9 Å². The molecule has 19 nitrogen and oxygen atoms in total. The molecule has 13 rings (SSSR count). The van der Waals surface area contributed by atoms with E-state index in [9.17, 15) is 28.8 Å². The van der Waals surface area contributed by atoms with E-state index in [0.717, 1.165) is 116 Å². The second-order valence-electron chi connectivity index (χ2n) is 32.2. The van der Waals surface area contributed by atoms with E-state index in [-0.39, 0.29) is 78.3 Å². The Morgan fingerprint density at radius 1 is 0.393 bits per heavy atom. The number of carbonyl (C=O) groups excluding carboxylic acids is 6. The fourth-order valence-electron chi connectivity index (χ4n) is 17.0. The fourth-order valence-corrected chi connectivity index (χ4v) is 17.6. The third-order valence-electron chi connectivity index (χ3n) is 24.0. The van der Waals surface area contributed by atoms with Gasteiger partial charge < -0.3 is 66.0 Å². The van der Waals surface area contributed by atoms with Crippen molar-refractivity contribution in [2.24, 2.45) is 0 Å². The largest absolute Gasteiger partial charge is 0.445 e. The van der Waals surface area contributed by atoms with E-state index < -0.39 is 6.09 Å². The fraction of sp³-hybridized carbons (Fsp3) is 0.489. The summed E-state index contributed by atoms with van der Waals surface area (Å²) in [6, 6.07) is 60.5. The van der Waals surface area contributed by atoms with Gasteiger partial charge in [0, 0.05) is 126 Å². The lowest BCUT2D eigenvalue weighted by Gasteiger charge is -2.31. The molecule has 0 bridgehead atoms. The van der Waals surface area contributed by atoms with Crippen LogP contribution in [0.2, 0.25) is 20.1 Å². The number of hydrogen-bond donors (Lipinski definition) is 6. The zero-order valence-electron chi connectivity index (χ0n) is 68.4. The zero-order chi connectivity index (χ0) is 82.1. The number of likely N-dealkylation sites (tertiary alicyclic amines) is 3. The summed E-state index contributed by atoms with van der Waals surface area (Å²) < 4.78 is 5.44. The third-order valence-corrected chi connectivity index (χ3v) is 25.5. The van der Waals surface area contributed by atoms with Gasteiger partial charge in [-0.15, -0.1) is 0 Å². The standard InChI is InChI=1S/C35H44N4O3.C30H40Cl2N4O2.C29H38Cl2N4O2/c40-34-33(20-23-38-21-11-4-12-22-38)37-31(25-36-35(41)42-27-28-13-5-1-6-14-28)19-24-39(34)26-32(29-15-7-2-8-16-29)30-17-9-3-10-18-30;1-2-22(23-9-5-3-6-10-23)21-36-18-13-25(20-33-29(37)24-11-12-26(31)27(32)19-24)34-28(30(36)38)14-17-35-15-7-4-8-16-35;1-2-21(22-8-4-3-5-9-22)20-35-17-12-24(19-32-28(36)23-10-11-25(30)26(31)18-23)33-27(29(35)37)13-16-34-14-6-7-15-34/h1-3,5-10,13-18,31-33,37H,4,11-12,19-27H2,(H,36,41);3,5-6,9-12,19,22,25,28,34H,2,4,7-8,13-18,20-21H2,1H3,(H,33,37);3-5,8-11,18,21,24,27,33H,2,6-7,12-17,19-20H2,1H3,(H,32,36)/t31-,33-;22-,25+,28+;21-,24+,27+/m011/s1. The van der Waals surface area contributed by atoms with Gasteiger partial charge >= 0.3 is 6.09 Å². The minimum absolute atomic E-state index is 0.000974. The third kappa shape index (κ3) is 28.4.